The van der Waals surface area contributed by atoms with Gasteiger partial charge in [-0.25, -0.2) is 15.4 Å². The molecule has 1 saturated carbocycles. The molecule has 1 aliphatic carbocycles. The van der Waals surface area contributed by atoms with E-state index in [-0.39, 0.29) is 10.6 Å². The number of halogens is 2. The molecule has 222 valence electrons. The molecule has 1 saturated heterocycles. The van der Waals surface area contributed by atoms with E-state index in [1.165, 1.54) is 18.5 Å². The van der Waals surface area contributed by atoms with Gasteiger partial charge in [0.25, 0.3) is 0 Å². The third kappa shape index (κ3) is 6.17. The topological polar surface area (TPSA) is 101 Å². The summed E-state index contributed by atoms with van der Waals surface area (Å²) >= 11 is 6.85. The van der Waals surface area contributed by atoms with Crippen LogP contribution in [0.3, 0.4) is 0 Å². The molecule has 0 amide bonds. The Hall–Kier alpha value is -3.42. The molecule has 16 heteroatoms. The van der Waals surface area contributed by atoms with Crippen molar-refractivity contribution in [1.29, 1.82) is 5.26 Å². The van der Waals surface area contributed by atoms with Gasteiger partial charge in [0.1, 0.15) is 13.9 Å². The van der Waals surface area contributed by atoms with Crippen LogP contribution in [0.15, 0.2) is 67.0 Å². The predicted octanol–water partition coefficient (Wildman–Crippen LogP) is 3.16. The van der Waals surface area contributed by atoms with Crippen LogP contribution in [0.4, 0.5) is 15.8 Å². The molecule has 2 aromatic heterocycles. The summed E-state index contributed by atoms with van der Waals surface area (Å²) in [6.07, 6.45) is 4.91. The molecule has 12 radical (unpaired) electrons. The lowest BCUT2D eigenvalue weighted by Crippen LogP contribution is -2.63. The Labute approximate surface area is 286 Å². The summed E-state index contributed by atoms with van der Waals surface area (Å²) in [6.45, 7) is 2.47. The van der Waals surface area contributed by atoms with Gasteiger partial charge in [-0.1, -0.05) is 53.2 Å². The van der Waals surface area contributed by atoms with Gasteiger partial charge in [-0.05, 0) is 49.1 Å². The molecule has 0 bridgehead atoms. The summed E-state index contributed by atoms with van der Waals surface area (Å²) < 4.78 is 14.0. The van der Waals surface area contributed by atoms with Crippen molar-refractivity contribution in [3.63, 3.8) is 0 Å². The van der Waals surface area contributed by atoms with Gasteiger partial charge in [-0.3, -0.25) is 4.98 Å². The number of fused-ring (bicyclic) bond motifs is 1. The van der Waals surface area contributed by atoms with Crippen LogP contribution in [0.2, 0.25) is 15.3 Å². The third-order valence-electron chi connectivity index (χ3n) is 9.04. The molecule has 2 aromatic carbocycles. The normalized spacial score (nSPS) is 20.7. The van der Waals surface area contributed by atoms with E-state index < -0.39 is 33.3 Å². The molecule has 2 fully saturated rings. The number of hydrogen-bond donors (Lipinski definition) is 4. The van der Waals surface area contributed by atoms with Gasteiger partial charge in [0.05, 0.1) is 43.0 Å². The number of hydrogen-bond acceptors (Lipinski definition) is 8. The minimum absolute atomic E-state index is 0.162. The van der Waals surface area contributed by atoms with Crippen LogP contribution in [0, 0.1) is 17.3 Å². The SMILES string of the molecule is [B]C([B])([B])C([B])([B])[C@@H](Nc1c(C#N)cnc2c(Cl)cc(NC([B])(c3ccc(F)nc3)C3(C)CN(C4CC4)NN3)cc12)c1ccccc1. The average Bonchev–Trinajstić information content (AvgIpc) is 3.80. The number of nitrogens with zero attached hydrogens (tertiary/aromatic N) is 4. The van der Waals surface area contributed by atoms with Gasteiger partial charge < -0.3 is 10.6 Å². The Morgan fingerprint density at radius 1 is 1.06 bits per heavy atom. The Kier molecular flexibility index (Phi) is 8.71. The number of rotatable bonds is 10. The first-order valence-corrected chi connectivity index (χ1v) is 15.3. The predicted molar refractivity (Wildman–Crippen MR) is 188 cm³/mol. The summed E-state index contributed by atoms with van der Waals surface area (Å²) in [5.41, 5.74) is 6.80. The van der Waals surface area contributed by atoms with E-state index in [2.05, 4.69) is 42.6 Å². The van der Waals surface area contributed by atoms with Crippen LogP contribution in [0.5, 0.6) is 0 Å². The lowest BCUT2D eigenvalue weighted by Gasteiger charge is -2.48. The van der Waals surface area contributed by atoms with Crippen LogP contribution in [-0.4, -0.2) is 80.2 Å². The summed E-state index contributed by atoms with van der Waals surface area (Å²) in [5, 5.41) is 15.7. The minimum Gasteiger partial charge on any atom is -0.382 e. The maximum absolute atomic E-state index is 14.0. The van der Waals surface area contributed by atoms with E-state index in [0.29, 0.717) is 46.0 Å². The minimum atomic E-state index is -2.05. The lowest BCUT2D eigenvalue weighted by molar-refractivity contribution is 0.220. The molecule has 4 aromatic rings. The molecule has 47 heavy (non-hydrogen) atoms. The van der Waals surface area contributed by atoms with E-state index in [4.69, 9.17) is 58.7 Å². The van der Waals surface area contributed by atoms with Crippen molar-refractivity contribution in [2.24, 2.45) is 0 Å². The number of nitrogens with one attached hydrogen (secondary N) is 4. The highest BCUT2D eigenvalue weighted by molar-refractivity contribution is 6.67. The Morgan fingerprint density at radius 2 is 1.79 bits per heavy atom. The monoisotopic (exact) mass is 630 g/mol. The second kappa shape index (κ2) is 12.2. The van der Waals surface area contributed by atoms with Crippen molar-refractivity contribution in [3.8, 4) is 6.07 Å². The highest BCUT2D eigenvalue weighted by Crippen LogP contribution is 2.51. The zero-order valence-corrected chi connectivity index (χ0v) is 26.4. The number of hydrazine groups is 2. The Balaban J connectivity index is 1.48. The molecular formula is C31H26B6ClFN8. The number of benzene rings is 2. The first-order valence-electron chi connectivity index (χ1n) is 14.9. The van der Waals surface area contributed by atoms with Crippen LogP contribution in [0.1, 0.15) is 42.5 Å². The van der Waals surface area contributed by atoms with Crippen molar-refractivity contribution < 1.29 is 4.39 Å². The first kappa shape index (κ1) is 33.5. The first-order chi connectivity index (χ1) is 22.2. The van der Waals surface area contributed by atoms with Gasteiger partial charge in [0.15, 0.2) is 0 Å². The molecule has 6 rings (SSSR count). The maximum atomic E-state index is 14.0. The summed E-state index contributed by atoms with van der Waals surface area (Å²) in [6, 6.07) is 16.8. The van der Waals surface area contributed by atoms with Crippen molar-refractivity contribution in [2.75, 3.05) is 17.2 Å². The van der Waals surface area contributed by atoms with Crippen LogP contribution < -0.4 is 21.6 Å². The molecule has 1 aliphatic heterocycles. The number of aromatic nitrogens is 2. The molecule has 4 N–H and O–H groups in total. The van der Waals surface area contributed by atoms with E-state index in [0.717, 1.165) is 12.8 Å². The molecule has 0 spiro atoms. The largest absolute Gasteiger partial charge is 0.382 e. The summed E-state index contributed by atoms with van der Waals surface area (Å²) in [7, 11) is 38.6. The Morgan fingerprint density at radius 3 is 2.40 bits per heavy atom. The molecule has 3 heterocycles. The fourth-order valence-corrected chi connectivity index (χ4v) is 6.17. The van der Waals surface area contributed by atoms with Crippen molar-refractivity contribution >= 4 is 81.0 Å². The fourth-order valence-electron chi connectivity index (χ4n) is 5.90. The Bertz CT molecular complexity index is 1840. The molecule has 2 unspecified atom stereocenters. The highest BCUT2D eigenvalue weighted by Gasteiger charge is 2.52. The van der Waals surface area contributed by atoms with Crippen molar-refractivity contribution in [1.82, 2.24) is 25.9 Å². The van der Waals surface area contributed by atoms with Crippen LogP contribution >= 0.6 is 11.6 Å². The van der Waals surface area contributed by atoms with Crippen molar-refractivity contribution in [2.45, 2.75) is 53.2 Å². The van der Waals surface area contributed by atoms with E-state index >= 15 is 0 Å². The maximum Gasteiger partial charge on any atom is 0.212 e. The molecular weight excluding hydrogens is 604 g/mol. The van der Waals surface area contributed by atoms with Gasteiger partial charge in [0, 0.05) is 71.1 Å². The van der Waals surface area contributed by atoms with Crippen molar-refractivity contribution in [3.05, 3.63) is 94.7 Å². The van der Waals surface area contributed by atoms with E-state index in [1.54, 1.807) is 42.5 Å². The third-order valence-corrected chi connectivity index (χ3v) is 9.33. The van der Waals surface area contributed by atoms with E-state index in [9.17, 15) is 9.65 Å². The molecule has 8 nitrogen and oxygen atoms in total. The van der Waals surface area contributed by atoms with E-state index in [1.807, 2.05) is 13.0 Å². The average molecular weight is 630 g/mol. The summed E-state index contributed by atoms with van der Waals surface area (Å²) in [4.78, 5) is 8.34. The van der Waals surface area contributed by atoms with Crippen LogP contribution in [0.25, 0.3) is 10.9 Å². The quantitative estimate of drug-likeness (QED) is 0.157. The van der Waals surface area contributed by atoms with Gasteiger partial charge in [0.2, 0.25) is 5.95 Å². The fraction of sp³-hybridized carbons (Fsp3) is 0.323. The number of anilines is 2. The second-order valence-corrected chi connectivity index (χ2v) is 13.0. The zero-order chi connectivity index (χ0) is 33.8. The van der Waals surface area contributed by atoms with Gasteiger partial charge in [-0.2, -0.15) is 15.2 Å². The number of pyridine rings is 2. The second-order valence-electron chi connectivity index (χ2n) is 12.6. The number of nitriles is 1. The summed E-state index contributed by atoms with van der Waals surface area (Å²) in [5.74, 6) is -0.641. The standard InChI is InChI=1S/C31H26B6ClFN8/c1-28(16-47(46-45-28)21-8-9-21)30(34,19-7-10-24(39)41-15-19)44-20-11-22-25(18(13-40)14-42-26(22)23(38)12-20)43-27(17-5-3-2-4-6-17)29(32,33)31(35,36)37/h2-7,10-12,14-15,21,27,44-46H,8-9,16H2,1H3,(H,42,43)/t27-,28?,30?/m0/s1. The zero-order valence-electron chi connectivity index (χ0n) is 25.6. The lowest BCUT2D eigenvalue weighted by atomic mass is 9.21. The molecule has 3 atom stereocenters. The van der Waals surface area contributed by atoms with Gasteiger partial charge >= 0.3 is 0 Å². The van der Waals surface area contributed by atoms with Gasteiger partial charge in [-0.15, -0.1) is 5.11 Å². The molecule has 2 aliphatic rings. The van der Waals surface area contributed by atoms with Crippen LogP contribution in [-0.2, 0) is 5.44 Å². The smallest absolute Gasteiger partial charge is 0.212 e. The highest BCUT2D eigenvalue weighted by atomic mass is 35.5.